The first-order valence-corrected chi connectivity index (χ1v) is 8.57. The number of thiol groups is 1. The van der Waals surface area contributed by atoms with Gasteiger partial charge in [0.2, 0.25) is 0 Å². The summed E-state index contributed by atoms with van der Waals surface area (Å²) in [5, 5.41) is 0.945. The van der Waals surface area contributed by atoms with Gasteiger partial charge in [0, 0.05) is 17.9 Å². The lowest BCUT2D eigenvalue weighted by molar-refractivity contribution is 0.348. The van der Waals surface area contributed by atoms with Crippen LogP contribution in [0.25, 0.3) is 0 Å². The van der Waals surface area contributed by atoms with E-state index in [1.165, 1.54) is 0 Å². The molecular weight excluding hydrogens is 320 g/mol. The zero-order chi connectivity index (χ0) is 15.5. The van der Waals surface area contributed by atoms with Crippen molar-refractivity contribution >= 4 is 46.1 Å². The number of ether oxygens (including phenoxy) is 1. The molecular formula is C15H20N2OS3. The molecule has 1 fully saturated rings. The molecule has 1 aromatic carbocycles. The molecule has 21 heavy (non-hydrogen) atoms. The molecule has 1 aromatic rings. The zero-order valence-electron chi connectivity index (χ0n) is 12.5. The Labute approximate surface area is 141 Å². The molecule has 1 heterocycles. The van der Waals surface area contributed by atoms with Crippen molar-refractivity contribution in [1.29, 1.82) is 0 Å². The average molecular weight is 341 g/mol. The fourth-order valence-corrected chi connectivity index (χ4v) is 3.67. The van der Waals surface area contributed by atoms with E-state index in [0.717, 1.165) is 28.8 Å². The van der Waals surface area contributed by atoms with Gasteiger partial charge in [-0.2, -0.15) is 0 Å². The molecule has 2 rings (SSSR count). The minimum atomic E-state index is 0.209. The van der Waals surface area contributed by atoms with E-state index in [2.05, 4.69) is 26.5 Å². The topological polar surface area (TPSA) is 24.8 Å². The molecule has 1 aliphatic rings. The molecule has 0 unspecified atom stereocenters. The van der Waals surface area contributed by atoms with Crippen molar-refractivity contribution in [1.82, 2.24) is 4.90 Å². The number of amidine groups is 1. The van der Waals surface area contributed by atoms with Gasteiger partial charge in [-0.3, -0.25) is 4.99 Å². The molecule has 0 spiro atoms. The van der Waals surface area contributed by atoms with Crippen molar-refractivity contribution in [2.75, 3.05) is 19.4 Å². The Kier molecular flexibility index (Phi) is 5.57. The van der Waals surface area contributed by atoms with Crippen LogP contribution in [-0.2, 0) is 6.54 Å². The fraction of sp³-hybridized carbons (Fsp3) is 0.467. The minimum absolute atomic E-state index is 0.209. The Bertz CT molecular complexity index is 558. The number of thioether (sulfide) groups is 1. The zero-order valence-corrected chi connectivity index (χ0v) is 15.0. The molecule has 114 valence electrons. The summed E-state index contributed by atoms with van der Waals surface area (Å²) in [6, 6.07) is 7.94. The van der Waals surface area contributed by atoms with E-state index in [9.17, 15) is 0 Å². The van der Waals surface area contributed by atoms with Gasteiger partial charge in [-0.25, -0.2) is 0 Å². The number of para-hydroxylation sites is 1. The quantitative estimate of drug-likeness (QED) is 0.667. The van der Waals surface area contributed by atoms with Crippen LogP contribution in [0.15, 0.2) is 29.3 Å². The van der Waals surface area contributed by atoms with E-state index in [-0.39, 0.29) is 5.41 Å². The van der Waals surface area contributed by atoms with Gasteiger partial charge >= 0.3 is 0 Å². The number of hydrogen-bond acceptors (Lipinski definition) is 4. The average Bonchev–Trinajstić information content (AvgIpc) is 2.45. The van der Waals surface area contributed by atoms with Crippen LogP contribution in [0.3, 0.4) is 0 Å². The first-order chi connectivity index (χ1) is 9.93. The first kappa shape index (κ1) is 16.6. The predicted molar refractivity (Wildman–Crippen MR) is 98.7 cm³/mol. The van der Waals surface area contributed by atoms with Crippen LogP contribution >= 0.6 is 36.6 Å². The number of benzene rings is 1. The second-order valence-corrected chi connectivity index (χ2v) is 7.79. The molecule has 0 bridgehead atoms. The van der Waals surface area contributed by atoms with Gasteiger partial charge in [-0.1, -0.05) is 56.0 Å². The highest BCUT2D eigenvalue weighted by atomic mass is 32.2. The van der Waals surface area contributed by atoms with E-state index in [4.69, 9.17) is 21.9 Å². The lowest BCUT2D eigenvalue weighted by Crippen LogP contribution is -2.45. The van der Waals surface area contributed by atoms with Crippen LogP contribution < -0.4 is 4.74 Å². The highest BCUT2D eigenvalue weighted by molar-refractivity contribution is 8.15. The Morgan fingerprint density at radius 2 is 2.19 bits per heavy atom. The number of aliphatic imine (C=N–C) groups is 1. The molecule has 0 N–H and O–H groups in total. The van der Waals surface area contributed by atoms with Crippen LogP contribution in [0.1, 0.15) is 19.4 Å². The van der Waals surface area contributed by atoms with Crippen LogP contribution in [0.5, 0.6) is 5.75 Å². The summed E-state index contributed by atoms with van der Waals surface area (Å²) in [6.07, 6.45) is 0. The number of hydrogen-bond donors (Lipinski definition) is 1. The van der Waals surface area contributed by atoms with E-state index in [1.54, 1.807) is 18.9 Å². The third-order valence-electron chi connectivity index (χ3n) is 3.22. The highest BCUT2D eigenvalue weighted by Crippen LogP contribution is 2.32. The summed E-state index contributed by atoms with van der Waals surface area (Å²) in [5.41, 5.74) is 1.28. The largest absolute Gasteiger partial charge is 0.496 e. The molecule has 0 saturated carbocycles. The minimum Gasteiger partial charge on any atom is -0.496 e. The SMILES string of the molecule is COc1ccccc1CN=C1SCC(C)(C)CN1C(=S)S. The number of methoxy groups -OCH3 is 1. The smallest absolute Gasteiger partial charge is 0.165 e. The monoisotopic (exact) mass is 340 g/mol. The van der Waals surface area contributed by atoms with Crippen LogP contribution in [0.2, 0.25) is 0 Å². The Morgan fingerprint density at radius 1 is 1.48 bits per heavy atom. The normalized spacial score (nSPS) is 19.6. The summed E-state index contributed by atoms with van der Waals surface area (Å²) in [7, 11) is 1.68. The van der Waals surface area contributed by atoms with Crippen molar-refractivity contribution in [3.05, 3.63) is 29.8 Å². The lowest BCUT2D eigenvalue weighted by Gasteiger charge is -2.38. The van der Waals surface area contributed by atoms with Gasteiger partial charge in [0.25, 0.3) is 0 Å². The fourth-order valence-electron chi connectivity index (χ4n) is 2.15. The summed E-state index contributed by atoms with van der Waals surface area (Å²) in [4.78, 5) is 6.74. The molecule has 3 nitrogen and oxygen atoms in total. The maximum atomic E-state index is 5.36. The first-order valence-electron chi connectivity index (χ1n) is 6.72. The van der Waals surface area contributed by atoms with Crippen LogP contribution in [-0.4, -0.2) is 33.8 Å². The van der Waals surface area contributed by atoms with E-state index in [0.29, 0.717) is 10.9 Å². The van der Waals surface area contributed by atoms with Gasteiger partial charge in [-0.05, 0) is 11.5 Å². The Hall–Kier alpha value is -0.720. The van der Waals surface area contributed by atoms with Gasteiger partial charge in [0.05, 0.1) is 13.7 Å². The van der Waals surface area contributed by atoms with Crippen molar-refractivity contribution in [3.8, 4) is 5.75 Å². The number of nitrogens with zero attached hydrogens (tertiary/aromatic N) is 2. The molecule has 0 aromatic heterocycles. The van der Waals surface area contributed by atoms with E-state index in [1.807, 2.05) is 29.2 Å². The molecule has 1 aliphatic heterocycles. The summed E-state index contributed by atoms with van der Waals surface area (Å²) in [6.45, 7) is 5.90. The molecule has 6 heteroatoms. The van der Waals surface area contributed by atoms with Gasteiger partial charge in [-0.15, -0.1) is 12.6 Å². The maximum absolute atomic E-state index is 5.36. The summed E-state index contributed by atoms with van der Waals surface area (Å²) < 4.78 is 5.94. The highest BCUT2D eigenvalue weighted by Gasteiger charge is 2.31. The summed E-state index contributed by atoms with van der Waals surface area (Å²) >= 11 is 11.3. The molecule has 0 radical (unpaired) electrons. The predicted octanol–water partition coefficient (Wildman–Crippen LogP) is 3.84. The molecule has 0 atom stereocenters. The van der Waals surface area contributed by atoms with E-state index >= 15 is 0 Å². The standard InChI is InChI=1S/C15H20N2OS3/c1-15(2)9-17(14(19)20)13(21-10-15)16-8-11-6-4-5-7-12(11)18-3/h4-7H,8-10H2,1-3H3,(H,19,20). The molecule has 0 aliphatic carbocycles. The van der Waals surface area contributed by atoms with E-state index < -0.39 is 0 Å². The number of rotatable bonds is 3. The van der Waals surface area contributed by atoms with Crippen molar-refractivity contribution in [3.63, 3.8) is 0 Å². The van der Waals surface area contributed by atoms with Crippen molar-refractivity contribution < 1.29 is 4.74 Å². The van der Waals surface area contributed by atoms with Gasteiger partial charge in [0.1, 0.15) is 10.1 Å². The molecule has 1 saturated heterocycles. The lowest BCUT2D eigenvalue weighted by atomic mass is 9.96. The number of thiocarbonyl (C=S) groups is 1. The third-order valence-corrected chi connectivity index (χ3v) is 5.21. The van der Waals surface area contributed by atoms with Gasteiger partial charge < -0.3 is 9.64 Å². The second kappa shape index (κ2) is 7.03. The second-order valence-electron chi connectivity index (χ2n) is 5.73. The van der Waals surface area contributed by atoms with Crippen molar-refractivity contribution in [2.24, 2.45) is 10.4 Å². The third kappa shape index (κ3) is 4.37. The Balaban J connectivity index is 2.17. The maximum Gasteiger partial charge on any atom is 0.165 e. The van der Waals surface area contributed by atoms with Crippen molar-refractivity contribution in [2.45, 2.75) is 20.4 Å². The van der Waals surface area contributed by atoms with Crippen LogP contribution in [0, 0.1) is 5.41 Å². The molecule has 0 amide bonds. The summed E-state index contributed by atoms with van der Waals surface area (Å²) in [5.74, 6) is 1.90. The van der Waals surface area contributed by atoms with Gasteiger partial charge in [0.15, 0.2) is 5.17 Å². The Morgan fingerprint density at radius 3 is 2.86 bits per heavy atom. The van der Waals surface area contributed by atoms with Crippen LogP contribution in [0.4, 0.5) is 0 Å².